The van der Waals surface area contributed by atoms with Crippen molar-refractivity contribution in [3.8, 4) is 11.5 Å². The first-order valence-electron chi connectivity index (χ1n) is 11.1. The van der Waals surface area contributed by atoms with Gasteiger partial charge in [-0.3, -0.25) is 19.3 Å². The molecule has 33 heavy (non-hydrogen) atoms. The number of nitrogens with zero attached hydrogens (tertiary/aromatic N) is 2. The van der Waals surface area contributed by atoms with Crippen LogP contribution in [0.25, 0.3) is 0 Å². The first-order valence-corrected chi connectivity index (χ1v) is 11.1. The van der Waals surface area contributed by atoms with E-state index in [9.17, 15) is 14.4 Å². The zero-order chi connectivity index (χ0) is 23.7. The molecular formula is C25H29N3O5. The number of methoxy groups -OCH3 is 2. The van der Waals surface area contributed by atoms with Crippen LogP contribution in [-0.2, 0) is 4.79 Å². The monoisotopic (exact) mass is 451 g/mol. The van der Waals surface area contributed by atoms with Crippen molar-refractivity contribution in [2.24, 2.45) is 5.92 Å². The van der Waals surface area contributed by atoms with Crippen LogP contribution in [0.2, 0.25) is 0 Å². The number of carbonyl (C=O) groups is 3. The molecule has 1 N–H and O–H groups in total. The van der Waals surface area contributed by atoms with Crippen molar-refractivity contribution in [1.29, 1.82) is 0 Å². The molecule has 1 unspecified atom stereocenters. The van der Waals surface area contributed by atoms with Crippen LogP contribution >= 0.6 is 0 Å². The normalized spacial score (nSPS) is 16.5. The lowest BCUT2D eigenvalue weighted by atomic mass is 10.0. The van der Waals surface area contributed by atoms with Crippen molar-refractivity contribution in [2.75, 3.05) is 32.2 Å². The number of benzene rings is 2. The fourth-order valence-electron chi connectivity index (χ4n) is 4.47. The van der Waals surface area contributed by atoms with Gasteiger partial charge >= 0.3 is 0 Å². The minimum atomic E-state index is -0.603. The van der Waals surface area contributed by atoms with Crippen molar-refractivity contribution < 1.29 is 23.9 Å². The molecular weight excluding hydrogens is 422 g/mol. The lowest BCUT2D eigenvalue weighted by Crippen LogP contribution is -2.48. The molecule has 0 spiro atoms. The molecule has 2 aromatic carbocycles. The van der Waals surface area contributed by atoms with Gasteiger partial charge in [0.1, 0.15) is 6.17 Å². The summed E-state index contributed by atoms with van der Waals surface area (Å²) in [5.41, 5.74) is 2.11. The Morgan fingerprint density at radius 3 is 2.52 bits per heavy atom. The van der Waals surface area contributed by atoms with Gasteiger partial charge in [0.15, 0.2) is 11.5 Å². The Hall–Kier alpha value is -3.55. The fourth-order valence-corrected chi connectivity index (χ4v) is 4.47. The van der Waals surface area contributed by atoms with Crippen LogP contribution in [0.4, 0.5) is 5.69 Å². The van der Waals surface area contributed by atoms with E-state index in [1.807, 2.05) is 26.0 Å². The summed E-state index contributed by atoms with van der Waals surface area (Å²) < 4.78 is 10.9. The van der Waals surface area contributed by atoms with Crippen LogP contribution in [0, 0.1) is 5.92 Å². The van der Waals surface area contributed by atoms with Gasteiger partial charge in [0.2, 0.25) is 5.91 Å². The summed E-state index contributed by atoms with van der Waals surface area (Å²) in [6, 6.07) is 10.7. The van der Waals surface area contributed by atoms with Crippen LogP contribution in [0.15, 0.2) is 36.4 Å². The summed E-state index contributed by atoms with van der Waals surface area (Å²) in [5.74, 6) is 0.732. The van der Waals surface area contributed by atoms with Crippen LogP contribution in [0.5, 0.6) is 11.5 Å². The Morgan fingerprint density at radius 2 is 1.82 bits per heavy atom. The number of amides is 3. The molecule has 2 heterocycles. The Bertz CT molecular complexity index is 1100. The van der Waals surface area contributed by atoms with Gasteiger partial charge in [-0.25, -0.2) is 0 Å². The molecule has 8 nitrogen and oxygen atoms in total. The van der Waals surface area contributed by atoms with Crippen LogP contribution in [0.1, 0.15) is 59.1 Å². The summed E-state index contributed by atoms with van der Waals surface area (Å²) >= 11 is 0. The maximum absolute atomic E-state index is 13.6. The third-order valence-corrected chi connectivity index (χ3v) is 5.99. The van der Waals surface area contributed by atoms with E-state index < -0.39 is 6.17 Å². The van der Waals surface area contributed by atoms with Gasteiger partial charge in [-0.1, -0.05) is 32.0 Å². The molecule has 0 aromatic heterocycles. The first kappa shape index (κ1) is 22.6. The van der Waals surface area contributed by atoms with Crippen molar-refractivity contribution in [3.63, 3.8) is 0 Å². The highest BCUT2D eigenvalue weighted by Crippen LogP contribution is 2.49. The number of hydrogen-bond donors (Lipinski definition) is 1. The van der Waals surface area contributed by atoms with Crippen molar-refractivity contribution in [3.05, 3.63) is 53.1 Å². The molecule has 0 saturated heterocycles. The minimum Gasteiger partial charge on any atom is -0.493 e. The fraction of sp³-hybridized carbons (Fsp3) is 0.400. The molecule has 8 heteroatoms. The minimum absolute atomic E-state index is 0.0419. The van der Waals surface area contributed by atoms with E-state index >= 15 is 0 Å². The van der Waals surface area contributed by atoms with Crippen LogP contribution in [-0.4, -0.2) is 49.9 Å². The quantitative estimate of drug-likeness (QED) is 0.665. The van der Waals surface area contributed by atoms with E-state index in [1.165, 1.54) is 14.2 Å². The summed E-state index contributed by atoms with van der Waals surface area (Å²) in [7, 11) is 3.02. The largest absolute Gasteiger partial charge is 0.493 e. The average molecular weight is 452 g/mol. The van der Waals surface area contributed by atoms with Gasteiger partial charge in [-0.05, 0) is 30.5 Å². The molecule has 1 atom stereocenters. The number of para-hydroxylation sites is 1. The first-order chi connectivity index (χ1) is 15.9. The molecule has 174 valence electrons. The van der Waals surface area contributed by atoms with Gasteiger partial charge in [0.25, 0.3) is 11.8 Å². The molecule has 2 aliphatic heterocycles. The third-order valence-electron chi connectivity index (χ3n) is 5.99. The van der Waals surface area contributed by atoms with Crippen LogP contribution < -0.4 is 19.7 Å². The standard InChI is InChI=1S/C25H29N3O5/c1-15(2)14-26-20(29)10-7-13-27-23-17-11-12-19(32-3)22(33-4)21(17)25(31)28(23)18-9-6-5-8-16(18)24(27)30/h5-6,8-9,11-12,15,23H,7,10,13-14H2,1-4H3,(H,26,29). The maximum Gasteiger partial charge on any atom is 0.264 e. The van der Waals surface area contributed by atoms with Gasteiger partial charge in [-0.2, -0.15) is 0 Å². The van der Waals surface area contributed by atoms with E-state index in [2.05, 4.69) is 5.32 Å². The number of nitrogens with one attached hydrogen (secondary N) is 1. The summed E-state index contributed by atoms with van der Waals surface area (Å²) in [6.45, 7) is 5.03. The second-order valence-electron chi connectivity index (χ2n) is 8.63. The van der Waals surface area contributed by atoms with Crippen molar-refractivity contribution in [2.45, 2.75) is 32.9 Å². The zero-order valence-electron chi connectivity index (χ0n) is 19.4. The number of carbonyl (C=O) groups excluding carboxylic acids is 3. The highest BCUT2D eigenvalue weighted by Gasteiger charge is 2.49. The predicted molar refractivity (Wildman–Crippen MR) is 124 cm³/mol. The molecule has 0 aliphatic carbocycles. The maximum atomic E-state index is 13.6. The number of ether oxygens (including phenoxy) is 2. The van der Waals surface area contributed by atoms with Gasteiger partial charge in [0.05, 0.1) is 31.0 Å². The number of hydrogen-bond acceptors (Lipinski definition) is 5. The van der Waals surface area contributed by atoms with Gasteiger partial charge in [-0.15, -0.1) is 0 Å². The zero-order valence-corrected chi connectivity index (χ0v) is 19.4. The van der Waals surface area contributed by atoms with E-state index in [4.69, 9.17) is 9.47 Å². The molecule has 0 radical (unpaired) electrons. The number of anilines is 1. The molecule has 0 bridgehead atoms. The summed E-state index contributed by atoms with van der Waals surface area (Å²) in [6.07, 6.45) is 0.185. The summed E-state index contributed by atoms with van der Waals surface area (Å²) in [5, 5.41) is 2.91. The second kappa shape index (κ2) is 9.13. The van der Waals surface area contributed by atoms with E-state index in [-0.39, 0.29) is 17.7 Å². The third kappa shape index (κ3) is 3.90. The Labute approximate surface area is 193 Å². The van der Waals surface area contributed by atoms with Gasteiger partial charge < -0.3 is 19.7 Å². The smallest absolute Gasteiger partial charge is 0.264 e. The molecule has 4 rings (SSSR count). The van der Waals surface area contributed by atoms with Crippen LogP contribution in [0.3, 0.4) is 0 Å². The SMILES string of the molecule is COc1ccc2c(c1OC)C(=O)N1c3ccccc3C(=O)N(CCCC(=O)NCC(C)C)C21. The lowest BCUT2D eigenvalue weighted by molar-refractivity contribution is -0.121. The second-order valence-corrected chi connectivity index (χ2v) is 8.63. The Kier molecular flexibility index (Phi) is 6.26. The lowest BCUT2D eigenvalue weighted by Gasteiger charge is -2.41. The topological polar surface area (TPSA) is 88.2 Å². The summed E-state index contributed by atoms with van der Waals surface area (Å²) in [4.78, 5) is 42.6. The highest BCUT2D eigenvalue weighted by molar-refractivity contribution is 6.18. The Morgan fingerprint density at radius 1 is 1.06 bits per heavy atom. The van der Waals surface area contributed by atoms with Crippen molar-refractivity contribution in [1.82, 2.24) is 10.2 Å². The molecule has 2 aliphatic rings. The highest BCUT2D eigenvalue weighted by atomic mass is 16.5. The molecule has 3 amide bonds. The van der Waals surface area contributed by atoms with E-state index in [1.54, 1.807) is 34.1 Å². The molecule has 2 aromatic rings. The Balaban J connectivity index is 1.69. The number of rotatable bonds is 8. The van der Waals surface area contributed by atoms with Crippen molar-refractivity contribution >= 4 is 23.4 Å². The number of fused-ring (bicyclic) bond motifs is 5. The predicted octanol–water partition coefficient (Wildman–Crippen LogP) is 3.37. The average Bonchev–Trinajstić information content (AvgIpc) is 3.11. The van der Waals surface area contributed by atoms with E-state index in [0.717, 1.165) is 0 Å². The van der Waals surface area contributed by atoms with Gasteiger partial charge in [0, 0.05) is 25.1 Å². The van der Waals surface area contributed by atoms with E-state index in [0.29, 0.717) is 65.7 Å². The molecule has 0 fully saturated rings. The molecule has 0 saturated carbocycles.